The summed E-state index contributed by atoms with van der Waals surface area (Å²) in [5, 5.41) is 8.02. The molecule has 0 spiro atoms. The Morgan fingerprint density at radius 1 is 1.07 bits per heavy atom. The van der Waals surface area contributed by atoms with Crippen molar-refractivity contribution in [2.24, 2.45) is 28.9 Å². The number of ketones is 1. The summed E-state index contributed by atoms with van der Waals surface area (Å²) in [5.74, 6) is -3.74. The van der Waals surface area contributed by atoms with Crippen LogP contribution < -0.4 is 21.7 Å². The van der Waals surface area contributed by atoms with Gasteiger partial charge in [-0.05, 0) is 57.3 Å². The van der Waals surface area contributed by atoms with E-state index in [1.165, 1.54) is 17.1 Å². The topological polar surface area (TPSA) is 177 Å². The first-order valence-corrected chi connectivity index (χ1v) is 13.9. The third-order valence-corrected chi connectivity index (χ3v) is 8.22. The molecule has 5 N–H and O–H groups in total. The minimum Gasteiger partial charge on any atom is -0.460 e. The van der Waals surface area contributed by atoms with Crippen LogP contribution in [0.3, 0.4) is 0 Å². The average molecular weight is 562 g/mol. The van der Waals surface area contributed by atoms with Crippen LogP contribution in [0.5, 0.6) is 0 Å². The van der Waals surface area contributed by atoms with Gasteiger partial charge in [0.25, 0.3) is 5.91 Å². The molecular weight excluding hydrogens is 518 g/mol. The van der Waals surface area contributed by atoms with Gasteiger partial charge in [-0.3, -0.25) is 19.2 Å². The first kappa shape index (κ1) is 31.1. The monoisotopic (exact) mass is 561 g/mol. The Balaban J connectivity index is 1.82. The van der Waals surface area contributed by atoms with E-state index in [1.54, 1.807) is 27.7 Å². The van der Waals surface area contributed by atoms with Crippen LogP contribution in [0.15, 0.2) is 12.2 Å². The van der Waals surface area contributed by atoms with Crippen molar-refractivity contribution in [3.63, 3.8) is 0 Å². The molecule has 222 valence electrons. The molecule has 5 atom stereocenters. The number of amides is 5. The van der Waals surface area contributed by atoms with E-state index in [4.69, 9.17) is 10.5 Å². The minimum atomic E-state index is -1.26. The van der Waals surface area contributed by atoms with Gasteiger partial charge in [0.1, 0.15) is 18.7 Å². The Bertz CT molecular complexity index is 1080. The zero-order chi connectivity index (χ0) is 30.0. The first-order valence-electron chi connectivity index (χ1n) is 13.9. The first-order chi connectivity index (χ1) is 18.6. The molecule has 40 heavy (non-hydrogen) atoms. The number of hydrogen-bond donors (Lipinski definition) is 4. The molecule has 3 unspecified atom stereocenters. The molecule has 3 aliphatic rings. The molecular formula is C28H43N5O7. The lowest BCUT2D eigenvalue weighted by Gasteiger charge is -2.34. The van der Waals surface area contributed by atoms with Gasteiger partial charge in [-0.15, -0.1) is 0 Å². The number of carbonyl (C=O) groups is 6. The molecule has 1 aliphatic heterocycles. The summed E-state index contributed by atoms with van der Waals surface area (Å²) in [7, 11) is 0. The number of esters is 1. The fraction of sp³-hybridized carbons (Fsp3) is 0.714. The van der Waals surface area contributed by atoms with Crippen LogP contribution in [-0.4, -0.2) is 77.2 Å². The van der Waals surface area contributed by atoms with E-state index in [2.05, 4.69) is 16.0 Å². The summed E-state index contributed by atoms with van der Waals surface area (Å²) in [6, 6.07) is -3.89. The zero-order valence-electron chi connectivity index (χ0n) is 24.2. The maximum atomic E-state index is 13.8. The number of hydrogen-bond acceptors (Lipinski definition) is 7. The summed E-state index contributed by atoms with van der Waals surface area (Å²) >= 11 is 0. The Hall–Kier alpha value is -3.44. The van der Waals surface area contributed by atoms with Gasteiger partial charge < -0.3 is 31.3 Å². The van der Waals surface area contributed by atoms with Crippen molar-refractivity contribution >= 4 is 35.5 Å². The van der Waals surface area contributed by atoms with Gasteiger partial charge in [0.15, 0.2) is 0 Å². The molecule has 0 aromatic rings. The third kappa shape index (κ3) is 7.19. The zero-order valence-corrected chi connectivity index (χ0v) is 24.2. The normalized spacial score (nSPS) is 24.8. The number of fused-ring (bicyclic) bond motifs is 1. The van der Waals surface area contributed by atoms with Crippen molar-refractivity contribution in [1.29, 1.82) is 0 Å². The van der Waals surface area contributed by atoms with Crippen LogP contribution in [-0.2, 0) is 28.7 Å². The van der Waals surface area contributed by atoms with Crippen LogP contribution in [0.25, 0.3) is 0 Å². The van der Waals surface area contributed by atoms with E-state index in [1.807, 2.05) is 13.8 Å². The summed E-state index contributed by atoms with van der Waals surface area (Å²) in [6.45, 7) is 10.8. The molecule has 12 heteroatoms. The van der Waals surface area contributed by atoms with Gasteiger partial charge in [-0.1, -0.05) is 39.2 Å². The molecule has 3 rings (SSSR count). The van der Waals surface area contributed by atoms with Crippen molar-refractivity contribution in [3.05, 3.63) is 12.2 Å². The van der Waals surface area contributed by atoms with Crippen LogP contribution in [0, 0.1) is 23.2 Å². The second-order valence-corrected chi connectivity index (χ2v) is 12.7. The SMILES string of the molecule is C/C=C/C(=O)OC[C@H](NC(=O)NC(C)(C)C)C(=O)N1CC2C([C@H]1C(=O)NC(CC1CCC1)C(=O)C(N)=O)C2(C)C. The molecule has 0 aromatic carbocycles. The Labute approximate surface area is 235 Å². The van der Waals surface area contributed by atoms with Gasteiger partial charge in [0, 0.05) is 18.2 Å². The highest BCUT2D eigenvalue weighted by molar-refractivity contribution is 6.37. The van der Waals surface area contributed by atoms with E-state index in [-0.39, 0.29) is 29.7 Å². The lowest BCUT2D eigenvalue weighted by molar-refractivity contribution is -0.147. The standard InChI is InChI=1S/C28H43N5O7/c1-7-9-19(34)40-14-18(31-26(39)32-27(2,3)4)25(38)33-13-16-20(28(16,5)6)21(33)24(37)30-17(22(35)23(29)36)12-15-10-8-11-15/h7,9,15-18,20-21H,8,10-14H2,1-6H3,(H2,29,36)(H,30,37)(H2,31,32,39)/b9-7+/t16?,17?,18-,20?,21-/m0/s1. The molecule has 2 saturated carbocycles. The molecule has 1 saturated heterocycles. The Kier molecular flexibility index (Phi) is 9.31. The highest BCUT2D eigenvalue weighted by Crippen LogP contribution is 2.64. The number of ether oxygens (including phenoxy) is 1. The summed E-state index contributed by atoms with van der Waals surface area (Å²) < 4.78 is 5.20. The van der Waals surface area contributed by atoms with E-state index in [0.717, 1.165) is 19.3 Å². The molecule has 0 bridgehead atoms. The van der Waals surface area contributed by atoms with Crippen LogP contribution in [0.2, 0.25) is 0 Å². The fourth-order valence-electron chi connectivity index (χ4n) is 5.79. The summed E-state index contributed by atoms with van der Waals surface area (Å²) in [5.41, 5.74) is 4.45. The molecule has 1 heterocycles. The van der Waals surface area contributed by atoms with Crippen molar-refractivity contribution in [3.8, 4) is 0 Å². The largest absolute Gasteiger partial charge is 0.460 e. The molecule has 3 fully saturated rings. The van der Waals surface area contributed by atoms with Gasteiger partial charge in [-0.2, -0.15) is 0 Å². The second-order valence-electron chi connectivity index (χ2n) is 12.7. The molecule has 0 aromatic heterocycles. The molecule has 0 radical (unpaired) electrons. The predicted molar refractivity (Wildman–Crippen MR) is 145 cm³/mol. The number of rotatable bonds is 11. The van der Waals surface area contributed by atoms with Gasteiger partial charge in [0.2, 0.25) is 17.6 Å². The number of nitrogens with zero attached hydrogens (tertiary/aromatic N) is 1. The number of carbonyl (C=O) groups excluding carboxylic acids is 6. The predicted octanol–water partition coefficient (Wildman–Crippen LogP) is 0.784. The van der Waals surface area contributed by atoms with E-state index in [9.17, 15) is 28.8 Å². The Morgan fingerprint density at radius 2 is 1.73 bits per heavy atom. The highest BCUT2D eigenvalue weighted by Gasteiger charge is 2.69. The van der Waals surface area contributed by atoms with Crippen LogP contribution in [0.1, 0.15) is 67.2 Å². The van der Waals surface area contributed by atoms with E-state index >= 15 is 0 Å². The molecule has 2 aliphatic carbocycles. The lowest BCUT2D eigenvalue weighted by atomic mass is 9.80. The maximum Gasteiger partial charge on any atom is 0.330 e. The average Bonchev–Trinajstić information content (AvgIpc) is 3.14. The number of nitrogens with two attached hydrogens (primary N) is 1. The minimum absolute atomic E-state index is 0.0266. The second kappa shape index (κ2) is 12.0. The molecule has 5 amide bonds. The van der Waals surface area contributed by atoms with Crippen molar-refractivity contribution in [2.75, 3.05) is 13.2 Å². The van der Waals surface area contributed by atoms with Crippen molar-refractivity contribution in [2.45, 2.75) is 90.9 Å². The smallest absolute Gasteiger partial charge is 0.330 e. The number of piperidine rings is 1. The number of allylic oxidation sites excluding steroid dienone is 1. The van der Waals surface area contributed by atoms with Crippen molar-refractivity contribution in [1.82, 2.24) is 20.9 Å². The quantitative estimate of drug-likeness (QED) is 0.164. The fourth-order valence-corrected chi connectivity index (χ4v) is 5.79. The van der Waals surface area contributed by atoms with Gasteiger partial charge in [0.05, 0.1) is 6.04 Å². The highest BCUT2D eigenvalue weighted by atomic mass is 16.5. The lowest BCUT2D eigenvalue weighted by Crippen LogP contribution is -2.60. The van der Waals surface area contributed by atoms with E-state index in [0.29, 0.717) is 6.42 Å². The Morgan fingerprint density at radius 3 is 2.25 bits per heavy atom. The van der Waals surface area contributed by atoms with E-state index < -0.39 is 65.8 Å². The van der Waals surface area contributed by atoms with Gasteiger partial charge in [-0.25, -0.2) is 9.59 Å². The van der Waals surface area contributed by atoms with Crippen LogP contribution >= 0.6 is 0 Å². The number of urea groups is 1. The summed E-state index contributed by atoms with van der Waals surface area (Å²) in [6.07, 6.45) is 5.82. The van der Waals surface area contributed by atoms with Gasteiger partial charge >= 0.3 is 12.0 Å². The maximum absolute atomic E-state index is 13.8. The number of likely N-dealkylation sites (tertiary alicyclic amines) is 1. The number of primary amides is 1. The van der Waals surface area contributed by atoms with Crippen LogP contribution in [0.4, 0.5) is 4.79 Å². The number of nitrogens with one attached hydrogen (secondary N) is 3. The summed E-state index contributed by atoms with van der Waals surface area (Å²) in [4.78, 5) is 77.8. The van der Waals surface area contributed by atoms with Crippen molar-refractivity contribution < 1.29 is 33.5 Å². The molecule has 12 nitrogen and oxygen atoms in total. The number of Topliss-reactive ketones (excluding diaryl/α,β-unsaturated/α-hetero) is 1. The third-order valence-electron chi connectivity index (χ3n) is 8.22.